The van der Waals surface area contributed by atoms with Crippen molar-refractivity contribution in [2.75, 3.05) is 13.7 Å². The summed E-state index contributed by atoms with van der Waals surface area (Å²) in [5.74, 6) is 0.634. The summed E-state index contributed by atoms with van der Waals surface area (Å²) in [6.45, 7) is 0.638. The zero-order valence-corrected chi connectivity index (χ0v) is 14.0. The number of hydrogen-bond acceptors (Lipinski definition) is 3. The van der Waals surface area contributed by atoms with E-state index in [0.29, 0.717) is 6.54 Å². The average Bonchev–Trinajstić information content (AvgIpc) is 2.98. The first-order chi connectivity index (χ1) is 10.2. The van der Waals surface area contributed by atoms with E-state index in [2.05, 4.69) is 27.3 Å². The van der Waals surface area contributed by atoms with E-state index in [1.165, 1.54) is 11.0 Å². The molecule has 0 fully saturated rings. The fourth-order valence-corrected chi connectivity index (χ4v) is 2.91. The number of methoxy groups -OCH3 is 1. The average molecular weight is 366 g/mol. The number of carbonyl (C=O) groups excluding carboxylic acids is 1. The first-order valence-corrected chi connectivity index (χ1v) is 8.18. The van der Waals surface area contributed by atoms with Gasteiger partial charge in [-0.25, -0.2) is 0 Å². The van der Waals surface area contributed by atoms with E-state index < -0.39 is 0 Å². The Balaban J connectivity index is 1.88. The molecule has 0 bridgehead atoms. The second-order valence-corrected chi connectivity index (χ2v) is 6.29. The van der Waals surface area contributed by atoms with Crippen LogP contribution in [0.1, 0.15) is 10.4 Å². The van der Waals surface area contributed by atoms with Crippen molar-refractivity contribution in [2.45, 2.75) is 6.42 Å². The highest BCUT2D eigenvalue weighted by atomic mass is 79.9. The minimum Gasteiger partial charge on any atom is -0.496 e. The summed E-state index contributed by atoms with van der Waals surface area (Å²) in [5.41, 5.74) is 0.861. The van der Waals surface area contributed by atoms with Crippen LogP contribution in [0, 0.1) is 0 Å². The third kappa shape index (κ3) is 5.02. The third-order valence-corrected chi connectivity index (χ3v) is 4.29. The molecule has 2 aromatic rings. The molecule has 0 aliphatic carbocycles. The molecule has 0 radical (unpaired) electrons. The van der Waals surface area contributed by atoms with Gasteiger partial charge in [0.25, 0.3) is 0 Å². The van der Waals surface area contributed by atoms with Gasteiger partial charge in [-0.15, -0.1) is 11.3 Å². The van der Waals surface area contributed by atoms with Crippen LogP contribution in [-0.2, 0) is 11.2 Å². The van der Waals surface area contributed by atoms with Crippen molar-refractivity contribution in [2.24, 2.45) is 0 Å². The first kappa shape index (κ1) is 15.8. The third-order valence-electron chi connectivity index (χ3n) is 2.86. The smallest absolute Gasteiger partial charge is 0.244 e. The molecule has 1 heterocycles. The Morgan fingerprint density at radius 1 is 1.43 bits per heavy atom. The van der Waals surface area contributed by atoms with E-state index in [4.69, 9.17) is 4.74 Å². The van der Waals surface area contributed by atoms with Gasteiger partial charge in [-0.1, -0.05) is 22.0 Å². The van der Waals surface area contributed by atoms with Gasteiger partial charge in [-0.2, -0.15) is 0 Å². The highest BCUT2D eigenvalue weighted by molar-refractivity contribution is 9.10. The van der Waals surface area contributed by atoms with Crippen molar-refractivity contribution >= 4 is 39.2 Å². The molecule has 1 amide bonds. The van der Waals surface area contributed by atoms with E-state index in [-0.39, 0.29) is 5.91 Å². The number of benzene rings is 1. The van der Waals surface area contributed by atoms with E-state index >= 15 is 0 Å². The van der Waals surface area contributed by atoms with Gasteiger partial charge >= 0.3 is 0 Å². The van der Waals surface area contributed by atoms with Gasteiger partial charge in [0.2, 0.25) is 5.91 Å². The maximum Gasteiger partial charge on any atom is 0.244 e. The van der Waals surface area contributed by atoms with Crippen LogP contribution in [0.3, 0.4) is 0 Å². The summed E-state index contributed by atoms with van der Waals surface area (Å²) in [6.07, 6.45) is 4.14. The number of nitrogens with one attached hydrogen (secondary N) is 1. The maximum absolute atomic E-state index is 11.8. The summed E-state index contributed by atoms with van der Waals surface area (Å²) in [7, 11) is 1.61. The molecule has 1 aromatic heterocycles. The molecule has 2 rings (SSSR count). The summed E-state index contributed by atoms with van der Waals surface area (Å²) in [6, 6.07) is 9.75. The van der Waals surface area contributed by atoms with Crippen LogP contribution in [0.4, 0.5) is 0 Å². The maximum atomic E-state index is 11.8. The lowest BCUT2D eigenvalue weighted by Crippen LogP contribution is -2.23. The first-order valence-electron chi connectivity index (χ1n) is 6.51. The van der Waals surface area contributed by atoms with Crippen molar-refractivity contribution in [3.8, 4) is 5.75 Å². The number of hydrogen-bond donors (Lipinski definition) is 1. The molecular formula is C16H16BrNO2S. The Labute approximate surface area is 136 Å². The molecule has 0 aliphatic rings. The molecule has 21 heavy (non-hydrogen) atoms. The minimum absolute atomic E-state index is 0.103. The Bertz CT molecular complexity index is 623. The lowest BCUT2D eigenvalue weighted by atomic mass is 10.2. The number of ether oxygens (including phenoxy) is 1. The van der Waals surface area contributed by atoms with Crippen LogP contribution in [0.15, 0.2) is 46.3 Å². The van der Waals surface area contributed by atoms with Crippen LogP contribution in [0.2, 0.25) is 0 Å². The van der Waals surface area contributed by atoms with Gasteiger partial charge in [0.15, 0.2) is 0 Å². The quantitative estimate of drug-likeness (QED) is 0.788. The molecule has 1 aromatic carbocycles. The zero-order valence-electron chi connectivity index (χ0n) is 11.6. The lowest BCUT2D eigenvalue weighted by molar-refractivity contribution is -0.116. The predicted octanol–water partition coefficient (Wildman–Crippen LogP) is 3.89. The van der Waals surface area contributed by atoms with Crippen molar-refractivity contribution < 1.29 is 9.53 Å². The highest BCUT2D eigenvalue weighted by Crippen LogP contribution is 2.23. The summed E-state index contributed by atoms with van der Waals surface area (Å²) < 4.78 is 6.21. The second kappa shape index (κ2) is 8.00. The molecule has 0 aliphatic heterocycles. The molecule has 0 atom stereocenters. The van der Waals surface area contributed by atoms with Gasteiger partial charge < -0.3 is 10.1 Å². The molecule has 110 valence electrons. The number of thiophene rings is 1. The van der Waals surface area contributed by atoms with E-state index in [1.807, 2.05) is 29.6 Å². The Kier molecular flexibility index (Phi) is 6.02. The van der Waals surface area contributed by atoms with E-state index in [1.54, 1.807) is 24.5 Å². The Hall–Kier alpha value is -1.59. The molecule has 0 saturated carbocycles. The molecule has 0 unspecified atom stereocenters. The molecule has 0 spiro atoms. The molecule has 1 N–H and O–H groups in total. The van der Waals surface area contributed by atoms with Crippen LogP contribution >= 0.6 is 27.3 Å². The van der Waals surface area contributed by atoms with Crippen LogP contribution in [0.25, 0.3) is 6.08 Å². The summed E-state index contributed by atoms with van der Waals surface area (Å²) >= 11 is 5.11. The number of rotatable bonds is 6. The molecular weight excluding hydrogens is 350 g/mol. The fourth-order valence-electron chi connectivity index (χ4n) is 1.82. The fraction of sp³-hybridized carbons (Fsp3) is 0.188. The largest absolute Gasteiger partial charge is 0.496 e. The molecule has 3 nitrogen and oxygen atoms in total. The number of amides is 1. The van der Waals surface area contributed by atoms with Gasteiger partial charge in [0, 0.05) is 27.5 Å². The molecule has 5 heteroatoms. The van der Waals surface area contributed by atoms with E-state index in [9.17, 15) is 4.79 Å². The van der Waals surface area contributed by atoms with Crippen molar-refractivity contribution in [3.63, 3.8) is 0 Å². The Morgan fingerprint density at radius 3 is 3.00 bits per heavy atom. The number of carbonyl (C=O) groups is 1. The highest BCUT2D eigenvalue weighted by Gasteiger charge is 2.02. The van der Waals surface area contributed by atoms with Gasteiger partial charge in [0.1, 0.15) is 5.75 Å². The van der Waals surface area contributed by atoms with Crippen LogP contribution in [-0.4, -0.2) is 19.6 Å². The lowest BCUT2D eigenvalue weighted by Gasteiger charge is -2.05. The monoisotopic (exact) mass is 365 g/mol. The zero-order chi connectivity index (χ0) is 15.1. The number of halogens is 1. The van der Waals surface area contributed by atoms with Crippen LogP contribution in [0.5, 0.6) is 5.75 Å². The van der Waals surface area contributed by atoms with E-state index in [0.717, 1.165) is 22.2 Å². The summed E-state index contributed by atoms with van der Waals surface area (Å²) in [4.78, 5) is 13.1. The van der Waals surface area contributed by atoms with Crippen LogP contribution < -0.4 is 10.1 Å². The van der Waals surface area contributed by atoms with Crippen molar-refractivity contribution in [1.29, 1.82) is 0 Å². The van der Waals surface area contributed by atoms with Gasteiger partial charge in [0.05, 0.1) is 7.11 Å². The van der Waals surface area contributed by atoms with Crippen molar-refractivity contribution in [3.05, 3.63) is 56.7 Å². The van der Waals surface area contributed by atoms with Crippen molar-refractivity contribution in [1.82, 2.24) is 5.32 Å². The summed E-state index contributed by atoms with van der Waals surface area (Å²) in [5, 5.41) is 4.91. The standard InChI is InChI=1S/C16H16BrNO2S/c1-20-15-6-5-13(17)11-12(15)4-7-16(19)18-9-8-14-3-2-10-21-14/h2-7,10-11H,8-9H2,1H3,(H,18,19)/b7-4+. The second-order valence-electron chi connectivity index (χ2n) is 4.34. The predicted molar refractivity (Wildman–Crippen MR) is 90.8 cm³/mol. The minimum atomic E-state index is -0.103. The van der Waals surface area contributed by atoms with Gasteiger partial charge in [-0.05, 0) is 42.1 Å². The Morgan fingerprint density at radius 2 is 2.29 bits per heavy atom. The SMILES string of the molecule is COc1ccc(Br)cc1/C=C/C(=O)NCCc1cccs1. The topological polar surface area (TPSA) is 38.3 Å². The molecule has 0 saturated heterocycles. The normalized spacial score (nSPS) is 10.8. The van der Waals surface area contributed by atoms with Gasteiger partial charge in [-0.3, -0.25) is 4.79 Å².